The molecule has 1 nitrogen and oxygen atoms in total. The zero-order valence-corrected chi connectivity index (χ0v) is 13.2. The van der Waals surface area contributed by atoms with Crippen LogP contribution >= 0.6 is 15.9 Å². The Morgan fingerprint density at radius 3 is 2.65 bits per heavy atom. The van der Waals surface area contributed by atoms with Crippen LogP contribution < -0.4 is 5.32 Å². The Morgan fingerprint density at radius 2 is 1.95 bits per heavy atom. The first-order valence-corrected chi connectivity index (χ1v) is 7.69. The van der Waals surface area contributed by atoms with Crippen LogP contribution in [0, 0.1) is 5.82 Å². The van der Waals surface area contributed by atoms with Gasteiger partial charge in [-0.2, -0.15) is 0 Å². The maximum absolute atomic E-state index is 13.3. The summed E-state index contributed by atoms with van der Waals surface area (Å²) < 4.78 is 14.4. The van der Waals surface area contributed by atoms with Crippen molar-refractivity contribution in [1.82, 2.24) is 5.32 Å². The number of halogens is 2. The van der Waals surface area contributed by atoms with E-state index in [1.165, 1.54) is 11.6 Å². The SMILES string of the molecule is CCNCC(Cc1cccc(F)c1)c1cccc(Br)c1. The fourth-order valence-electron chi connectivity index (χ4n) is 2.34. The number of rotatable bonds is 6. The summed E-state index contributed by atoms with van der Waals surface area (Å²) in [5, 5.41) is 3.39. The largest absolute Gasteiger partial charge is 0.316 e. The van der Waals surface area contributed by atoms with Crippen molar-refractivity contribution in [3.05, 3.63) is 69.9 Å². The van der Waals surface area contributed by atoms with Gasteiger partial charge in [0.15, 0.2) is 0 Å². The molecular formula is C17H19BrFN. The van der Waals surface area contributed by atoms with E-state index >= 15 is 0 Å². The summed E-state index contributed by atoms with van der Waals surface area (Å²) in [4.78, 5) is 0. The van der Waals surface area contributed by atoms with Crippen LogP contribution in [0.5, 0.6) is 0 Å². The van der Waals surface area contributed by atoms with Crippen molar-refractivity contribution in [2.24, 2.45) is 0 Å². The van der Waals surface area contributed by atoms with Crippen molar-refractivity contribution in [2.45, 2.75) is 19.3 Å². The second-order valence-electron chi connectivity index (χ2n) is 4.89. The molecule has 0 amide bonds. The fraction of sp³-hybridized carbons (Fsp3) is 0.294. The molecule has 0 aliphatic heterocycles. The van der Waals surface area contributed by atoms with Crippen LogP contribution in [0.3, 0.4) is 0 Å². The summed E-state index contributed by atoms with van der Waals surface area (Å²) in [5.74, 6) is 0.174. The number of benzene rings is 2. The van der Waals surface area contributed by atoms with E-state index in [9.17, 15) is 4.39 Å². The Balaban J connectivity index is 2.19. The lowest BCUT2D eigenvalue weighted by atomic mass is 9.92. The third-order valence-corrected chi connectivity index (χ3v) is 3.83. The van der Waals surface area contributed by atoms with E-state index in [4.69, 9.17) is 0 Å². The topological polar surface area (TPSA) is 12.0 Å². The van der Waals surface area contributed by atoms with Crippen LogP contribution in [0.4, 0.5) is 4.39 Å². The van der Waals surface area contributed by atoms with Crippen molar-refractivity contribution in [3.63, 3.8) is 0 Å². The molecule has 1 unspecified atom stereocenters. The second-order valence-corrected chi connectivity index (χ2v) is 5.81. The molecule has 0 spiro atoms. The van der Waals surface area contributed by atoms with Gasteiger partial charge in [-0.05, 0) is 48.4 Å². The number of likely N-dealkylation sites (N-methyl/N-ethyl adjacent to an activating group) is 1. The highest BCUT2D eigenvalue weighted by molar-refractivity contribution is 9.10. The zero-order valence-electron chi connectivity index (χ0n) is 11.6. The van der Waals surface area contributed by atoms with Crippen molar-refractivity contribution in [1.29, 1.82) is 0 Å². The summed E-state index contributed by atoms with van der Waals surface area (Å²) in [6.07, 6.45) is 0.835. The minimum atomic E-state index is -0.168. The summed E-state index contributed by atoms with van der Waals surface area (Å²) in [5.41, 5.74) is 2.30. The van der Waals surface area contributed by atoms with Crippen molar-refractivity contribution < 1.29 is 4.39 Å². The van der Waals surface area contributed by atoms with Gasteiger partial charge in [-0.1, -0.05) is 47.1 Å². The molecular weight excluding hydrogens is 317 g/mol. The molecule has 0 fully saturated rings. The Hall–Kier alpha value is -1.19. The molecule has 1 atom stereocenters. The third-order valence-electron chi connectivity index (χ3n) is 3.33. The quantitative estimate of drug-likeness (QED) is 0.818. The van der Waals surface area contributed by atoms with Gasteiger partial charge in [0, 0.05) is 16.9 Å². The predicted molar refractivity (Wildman–Crippen MR) is 85.5 cm³/mol. The standard InChI is InChI=1S/C17H19BrFN/c1-2-20-12-15(14-6-4-7-16(18)11-14)9-13-5-3-8-17(19)10-13/h3-8,10-11,15,20H,2,9,12H2,1H3. The lowest BCUT2D eigenvalue weighted by Crippen LogP contribution is -2.22. The van der Waals surface area contributed by atoms with Gasteiger partial charge in [-0.3, -0.25) is 0 Å². The van der Waals surface area contributed by atoms with Gasteiger partial charge >= 0.3 is 0 Å². The monoisotopic (exact) mass is 335 g/mol. The molecule has 1 N–H and O–H groups in total. The first kappa shape index (κ1) is 15.2. The average Bonchev–Trinajstić information content (AvgIpc) is 2.43. The lowest BCUT2D eigenvalue weighted by molar-refractivity contribution is 0.588. The Bertz CT molecular complexity index is 556. The summed E-state index contributed by atoms with van der Waals surface area (Å²) >= 11 is 3.52. The molecule has 3 heteroatoms. The maximum atomic E-state index is 13.3. The summed E-state index contributed by atoms with van der Waals surface area (Å²) in [6, 6.07) is 15.2. The molecule has 0 bridgehead atoms. The van der Waals surface area contributed by atoms with E-state index in [0.717, 1.165) is 29.5 Å². The molecule has 0 aromatic heterocycles. The first-order valence-electron chi connectivity index (χ1n) is 6.89. The van der Waals surface area contributed by atoms with Crippen LogP contribution in [-0.2, 0) is 6.42 Å². The number of hydrogen-bond acceptors (Lipinski definition) is 1. The average molecular weight is 336 g/mol. The Labute approximate surface area is 128 Å². The van der Waals surface area contributed by atoms with Crippen molar-refractivity contribution in [3.8, 4) is 0 Å². The maximum Gasteiger partial charge on any atom is 0.123 e. The molecule has 0 heterocycles. The van der Waals surface area contributed by atoms with Crippen LogP contribution in [0.2, 0.25) is 0 Å². The van der Waals surface area contributed by atoms with E-state index in [1.54, 1.807) is 12.1 Å². The Morgan fingerprint density at radius 1 is 1.15 bits per heavy atom. The third kappa shape index (κ3) is 4.43. The van der Waals surface area contributed by atoms with Gasteiger partial charge in [0.2, 0.25) is 0 Å². The minimum absolute atomic E-state index is 0.168. The van der Waals surface area contributed by atoms with Gasteiger partial charge in [0.25, 0.3) is 0 Å². The summed E-state index contributed by atoms with van der Waals surface area (Å²) in [6.45, 7) is 3.93. The fourth-order valence-corrected chi connectivity index (χ4v) is 2.75. The molecule has 2 aromatic rings. The highest BCUT2D eigenvalue weighted by Gasteiger charge is 2.12. The van der Waals surface area contributed by atoms with Crippen LogP contribution in [-0.4, -0.2) is 13.1 Å². The Kier molecular flexibility index (Phi) is 5.74. The molecule has 20 heavy (non-hydrogen) atoms. The molecule has 0 saturated heterocycles. The van der Waals surface area contributed by atoms with Crippen LogP contribution in [0.1, 0.15) is 24.0 Å². The van der Waals surface area contributed by atoms with E-state index in [0.29, 0.717) is 5.92 Å². The number of hydrogen-bond donors (Lipinski definition) is 1. The van der Waals surface area contributed by atoms with Gasteiger partial charge in [-0.15, -0.1) is 0 Å². The highest BCUT2D eigenvalue weighted by atomic mass is 79.9. The lowest BCUT2D eigenvalue weighted by Gasteiger charge is -2.18. The van der Waals surface area contributed by atoms with Gasteiger partial charge in [0.05, 0.1) is 0 Å². The second kappa shape index (κ2) is 7.55. The van der Waals surface area contributed by atoms with E-state index in [1.807, 2.05) is 18.2 Å². The van der Waals surface area contributed by atoms with E-state index < -0.39 is 0 Å². The van der Waals surface area contributed by atoms with Gasteiger partial charge < -0.3 is 5.32 Å². The molecule has 0 saturated carbocycles. The number of nitrogens with one attached hydrogen (secondary N) is 1. The minimum Gasteiger partial charge on any atom is -0.316 e. The van der Waals surface area contributed by atoms with E-state index in [2.05, 4.69) is 40.3 Å². The normalized spacial score (nSPS) is 12.3. The molecule has 2 aromatic carbocycles. The predicted octanol–water partition coefficient (Wildman–Crippen LogP) is 4.52. The first-order chi connectivity index (χ1) is 9.69. The van der Waals surface area contributed by atoms with Gasteiger partial charge in [0.1, 0.15) is 5.82 Å². The molecule has 0 radical (unpaired) electrons. The van der Waals surface area contributed by atoms with Crippen molar-refractivity contribution in [2.75, 3.05) is 13.1 Å². The molecule has 0 aliphatic carbocycles. The van der Waals surface area contributed by atoms with E-state index in [-0.39, 0.29) is 5.82 Å². The summed E-state index contributed by atoms with van der Waals surface area (Å²) in [7, 11) is 0. The highest BCUT2D eigenvalue weighted by Crippen LogP contribution is 2.23. The molecule has 0 aliphatic rings. The molecule has 106 valence electrons. The molecule has 2 rings (SSSR count). The van der Waals surface area contributed by atoms with Crippen LogP contribution in [0.25, 0.3) is 0 Å². The van der Waals surface area contributed by atoms with Crippen LogP contribution in [0.15, 0.2) is 53.0 Å². The van der Waals surface area contributed by atoms with Gasteiger partial charge in [-0.25, -0.2) is 4.39 Å². The zero-order chi connectivity index (χ0) is 14.4. The smallest absolute Gasteiger partial charge is 0.123 e. The van der Waals surface area contributed by atoms with Crippen molar-refractivity contribution >= 4 is 15.9 Å².